The molecule has 0 saturated heterocycles. The molecule has 2 nitrogen and oxygen atoms in total. The molecule has 0 aliphatic rings. The summed E-state index contributed by atoms with van der Waals surface area (Å²) in [7, 11) is 0. The van der Waals surface area contributed by atoms with Crippen LogP contribution in [0.4, 0.5) is 0 Å². The standard InChI is InChI=1S/C17H22O2/c1-12(18)11-15-9-10-16(19-15)13-5-7-14(8-6-13)17(2,3)4/h5-10,12,18H,11H2,1-4H3. The Morgan fingerprint density at radius 1 is 1.05 bits per heavy atom. The molecular formula is C17H22O2. The van der Waals surface area contributed by atoms with Crippen LogP contribution in [-0.4, -0.2) is 11.2 Å². The zero-order chi connectivity index (χ0) is 14.0. The molecule has 2 aromatic rings. The van der Waals surface area contributed by atoms with Gasteiger partial charge in [-0.05, 0) is 30.0 Å². The maximum absolute atomic E-state index is 9.35. The predicted octanol–water partition coefficient (Wildman–Crippen LogP) is 4.17. The lowest BCUT2D eigenvalue weighted by atomic mass is 9.86. The zero-order valence-electron chi connectivity index (χ0n) is 12.1. The molecule has 0 spiro atoms. The molecule has 2 rings (SSSR count). The number of furan rings is 1. The molecule has 1 atom stereocenters. The van der Waals surface area contributed by atoms with E-state index in [2.05, 4.69) is 45.0 Å². The lowest BCUT2D eigenvalue weighted by Crippen LogP contribution is -2.10. The molecule has 102 valence electrons. The van der Waals surface area contributed by atoms with Gasteiger partial charge in [-0.2, -0.15) is 0 Å². The molecule has 0 radical (unpaired) electrons. The van der Waals surface area contributed by atoms with Crippen LogP contribution in [0.3, 0.4) is 0 Å². The normalized spacial score (nSPS) is 13.5. The Bertz CT molecular complexity index is 527. The Kier molecular flexibility index (Phi) is 3.81. The molecule has 0 aliphatic carbocycles. The monoisotopic (exact) mass is 258 g/mol. The number of benzene rings is 1. The first-order valence-electron chi connectivity index (χ1n) is 6.74. The molecule has 1 unspecified atom stereocenters. The van der Waals surface area contributed by atoms with Gasteiger partial charge in [-0.3, -0.25) is 0 Å². The summed E-state index contributed by atoms with van der Waals surface area (Å²) in [4.78, 5) is 0. The van der Waals surface area contributed by atoms with E-state index in [-0.39, 0.29) is 11.5 Å². The number of aliphatic hydroxyl groups excluding tert-OH is 1. The van der Waals surface area contributed by atoms with Crippen LogP contribution in [0.2, 0.25) is 0 Å². The lowest BCUT2D eigenvalue weighted by molar-refractivity contribution is 0.187. The van der Waals surface area contributed by atoms with E-state index in [9.17, 15) is 5.11 Å². The molecule has 2 heteroatoms. The third-order valence-electron chi connectivity index (χ3n) is 3.19. The van der Waals surface area contributed by atoms with Crippen molar-refractivity contribution in [1.29, 1.82) is 0 Å². The third kappa shape index (κ3) is 3.48. The SMILES string of the molecule is CC(O)Cc1ccc(-c2ccc(C(C)(C)C)cc2)o1. The van der Waals surface area contributed by atoms with E-state index < -0.39 is 0 Å². The van der Waals surface area contributed by atoms with Crippen molar-refractivity contribution in [3.8, 4) is 11.3 Å². The summed E-state index contributed by atoms with van der Waals surface area (Å²) in [6, 6.07) is 12.4. The number of hydrogen-bond acceptors (Lipinski definition) is 2. The Labute approximate surface area is 115 Å². The first-order chi connectivity index (χ1) is 8.86. The second kappa shape index (κ2) is 5.22. The van der Waals surface area contributed by atoms with Gasteiger partial charge in [0, 0.05) is 12.0 Å². The van der Waals surface area contributed by atoms with E-state index in [4.69, 9.17) is 4.42 Å². The summed E-state index contributed by atoms with van der Waals surface area (Å²) in [5.41, 5.74) is 2.55. The Balaban J connectivity index is 2.20. The van der Waals surface area contributed by atoms with Crippen LogP contribution in [0.25, 0.3) is 11.3 Å². The minimum atomic E-state index is -0.373. The van der Waals surface area contributed by atoms with Gasteiger partial charge in [0.25, 0.3) is 0 Å². The van der Waals surface area contributed by atoms with Crippen LogP contribution in [0.15, 0.2) is 40.8 Å². The van der Waals surface area contributed by atoms with E-state index in [0.717, 1.165) is 17.1 Å². The quantitative estimate of drug-likeness (QED) is 0.896. The highest BCUT2D eigenvalue weighted by molar-refractivity contribution is 5.58. The van der Waals surface area contributed by atoms with Crippen molar-refractivity contribution in [3.05, 3.63) is 47.7 Å². The van der Waals surface area contributed by atoms with Gasteiger partial charge in [-0.1, -0.05) is 45.0 Å². The van der Waals surface area contributed by atoms with Gasteiger partial charge >= 0.3 is 0 Å². The Morgan fingerprint density at radius 3 is 2.21 bits per heavy atom. The first kappa shape index (κ1) is 13.9. The minimum Gasteiger partial charge on any atom is -0.461 e. The molecule has 1 aromatic heterocycles. The molecule has 0 saturated carbocycles. The molecule has 0 fully saturated rings. The van der Waals surface area contributed by atoms with Crippen molar-refractivity contribution in [1.82, 2.24) is 0 Å². The lowest BCUT2D eigenvalue weighted by Gasteiger charge is -2.18. The largest absolute Gasteiger partial charge is 0.461 e. The topological polar surface area (TPSA) is 33.4 Å². The van der Waals surface area contributed by atoms with E-state index in [0.29, 0.717) is 6.42 Å². The predicted molar refractivity (Wildman–Crippen MR) is 78.2 cm³/mol. The average Bonchev–Trinajstić information content (AvgIpc) is 2.75. The molecule has 19 heavy (non-hydrogen) atoms. The van der Waals surface area contributed by atoms with Crippen molar-refractivity contribution in [2.45, 2.75) is 45.6 Å². The van der Waals surface area contributed by atoms with Crippen LogP contribution in [0, 0.1) is 0 Å². The molecule has 0 amide bonds. The van der Waals surface area contributed by atoms with Gasteiger partial charge in [0.1, 0.15) is 11.5 Å². The summed E-state index contributed by atoms with van der Waals surface area (Å²) in [5.74, 6) is 1.68. The van der Waals surface area contributed by atoms with Crippen LogP contribution < -0.4 is 0 Å². The van der Waals surface area contributed by atoms with Gasteiger partial charge in [-0.25, -0.2) is 0 Å². The molecule has 1 N–H and O–H groups in total. The molecule has 0 aliphatic heterocycles. The fourth-order valence-corrected chi connectivity index (χ4v) is 2.07. The van der Waals surface area contributed by atoms with Crippen molar-refractivity contribution in [2.24, 2.45) is 0 Å². The average molecular weight is 258 g/mol. The molecule has 1 aromatic carbocycles. The summed E-state index contributed by atoms with van der Waals surface area (Å²) >= 11 is 0. The fourth-order valence-electron chi connectivity index (χ4n) is 2.07. The summed E-state index contributed by atoms with van der Waals surface area (Å²) in [6.07, 6.45) is 0.183. The van der Waals surface area contributed by atoms with Gasteiger partial charge in [-0.15, -0.1) is 0 Å². The van der Waals surface area contributed by atoms with Crippen LogP contribution in [-0.2, 0) is 11.8 Å². The van der Waals surface area contributed by atoms with E-state index in [1.54, 1.807) is 6.92 Å². The summed E-state index contributed by atoms with van der Waals surface area (Å²) in [6.45, 7) is 8.38. The van der Waals surface area contributed by atoms with E-state index >= 15 is 0 Å². The van der Waals surface area contributed by atoms with Crippen molar-refractivity contribution < 1.29 is 9.52 Å². The third-order valence-corrected chi connectivity index (χ3v) is 3.19. The van der Waals surface area contributed by atoms with Crippen molar-refractivity contribution in [3.63, 3.8) is 0 Å². The smallest absolute Gasteiger partial charge is 0.134 e. The molecule has 0 bridgehead atoms. The molecule has 1 heterocycles. The van der Waals surface area contributed by atoms with Gasteiger partial charge < -0.3 is 9.52 Å². The highest BCUT2D eigenvalue weighted by Crippen LogP contribution is 2.27. The van der Waals surface area contributed by atoms with E-state index in [1.165, 1.54) is 5.56 Å². The minimum absolute atomic E-state index is 0.166. The molecular weight excluding hydrogens is 236 g/mol. The van der Waals surface area contributed by atoms with Gasteiger partial charge in [0.05, 0.1) is 6.10 Å². The maximum Gasteiger partial charge on any atom is 0.134 e. The highest BCUT2D eigenvalue weighted by atomic mass is 16.3. The number of rotatable bonds is 3. The van der Waals surface area contributed by atoms with Crippen molar-refractivity contribution in [2.75, 3.05) is 0 Å². The number of aliphatic hydroxyl groups is 1. The first-order valence-corrected chi connectivity index (χ1v) is 6.74. The summed E-state index contributed by atoms with van der Waals surface area (Å²) in [5, 5.41) is 9.35. The second-order valence-corrected chi connectivity index (χ2v) is 6.15. The van der Waals surface area contributed by atoms with Crippen LogP contribution >= 0.6 is 0 Å². The highest BCUT2D eigenvalue weighted by Gasteiger charge is 2.14. The Morgan fingerprint density at radius 2 is 1.68 bits per heavy atom. The van der Waals surface area contributed by atoms with Gasteiger partial charge in [0.2, 0.25) is 0 Å². The summed E-state index contributed by atoms with van der Waals surface area (Å²) < 4.78 is 5.75. The maximum atomic E-state index is 9.35. The zero-order valence-corrected chi connectivity index (χ0v) is 12.1. The second-order valence-electron chi connectivity index (χ2n) is 6.15. The van der Waals surface area contributed by atoms with E-state index in [1.807, 2.05) is 12.1 Å². The number of hydrogen-bond donors (Lipinski definition) is 1. The van der Waals surface area contributed by atoms with Crippen LogP contribution in [0.5, 0.6) is 0 Å². The fraction of sp³-hybridized carbons (Fsp3) is 0.412. The van der Waals surface area contributed by atoms with Crippen LogP contribution in [0.1, 0.15) is 39.0 Å². The Hall–Kier alpha value is -1.54. The van der Waals surface area contributed by atoms with Gasteiger partial charge in [0.15, 0.2) is 0 Å². The van der Waals surface area contributed by atoms with Crippen molar-refractivity contribution >= 4 is 0 Å².